The van der Waals surface area contributed by atoms with Crippen molar-refractivity contribution in [2.24, 2.45) is 0 Å². The van der Waals surface area contributed by atoms with Crippen LogP contribution < -0.4 is 0 Å². The molecule has 0 aliphatic heterocycles. The van der Waals surface area contributed by atoms with Crippen molar-refractivity contribution in [1.29, 1.82) is 0 Å². The van der Waals surface area contributed by atoms with E-state index in [0.717, 1.165) is 4.90 Å². The first-order valence-electron chi connectivity index (χ1n) is 5.68. The zero-order chi connectivity index (χ0) is 15.3. The second-order valence-corrected chi connectivity index (χ2v) is 5.11. The number of carboxylic acids is 1. The van der Waals surface area contributed by atoms with Crippen molar-refractivity contribution in [1.82, 2.24) is 4.90 Å². The number of likely N-dealkylation sites (N-methyl/N-ethyl adjacent to an activating group) is 1. The van der Waals surface area contributed by atoms with Crippen LogP contribution in [-0.2, 0) is 9.59 Å². The molecule has 0 aliphatic carbocycles. The van der Waals surface area contributed by atoms with Gasteiger partial charge in [0.05, 0.1) is 10.7 Å². The van der Waals surface area contributed by atoms with Gasteiger partial charge < -0.3 is 10.0 Å². The van der Waals surface area contributed by atoms with Crippen molar-refractivity contribution in [3.05, 3.63) is 34.4 Å². The highest BCUT2D eigenvalue weighted by Crippen LogP contribution is 2.21. The molecule has 0 aliphatic rings. The highest BCUT2D eigenvalue weighted by atomic mass is 32.2. The van der Waals surface area contributed by atoms with Gasteiger partial charge in [-0.05, 0) is 19.1 Å². The van der Waals surface area contributed by atoms with E-state index in [1.165, 1.54) is 37.9 Å². The Morgan fingerprint density at radius 1 is 1.40 bits per heavy atom. The van der Waals surface area contributed by atoms with Crippen LogP contribution in [0.2, 0.25) is 0 Å². The number of nitrogens with zero attached hydrogens (tertiary/aromatic N) is 2. The minimum absolute atomic E-state index is 0.0164. The molecule has 0 saturated heterocycles. The molecule has 108 valence electrons. The summed E-state index contributed by atoms with van der Waals surface area (Å²) in [5.41, 5.74) is -0.0164. The minimum Gasteiger partial charge on any atom is -0.480 e. The molecule has 0 aromatic heterocycles. The van der Waals surface area contributed by atoms with Gasteiger partial charge in [0.1, 0.15) is 6.04 Å². The van der Waals surface area contributed by atoms with Crippen molar-refractivity contribution in [2.45, 2.75) is 17.9 Å². The average Bonchev–Trinajstić information content (AvgIpc) is 2.43. The largest absolute Gasteiger partial charge is 0.480 e. The van der Waals surface area contributed by atoms with E-state index in [1.807, 2.05) is 0 Å². The summed E-state index contributed by atoms with van der Waals surface area (Å²) in [6.45, 7) is 1.43. The molecule has 1 N–H and O–H groups in total. The Balaban J connectivity index is 2.56. The number of hydrogen-bond acceptors (Lipinski definition) is 5. The number of nitro groups is 1. The lowest BCUT2D eigenvalue weighted by Gasteiger charge is -2.21. The predicted octanol–water partition coefficient (Wildman–Crippen LogP) is 1.62. The van der Waals surface area contributed by atoms with E-state index in [2.05, 4.69) is 0 Å². The lowest BCUT2D eigenvalue weighted by atomic mass is 10.3. The lowest BCUT2D eigenvalue weighted by Crippen LogP contribution is -2.41. The molecule has 1 unspecified atom stereocenters. The Morgan fingerprint density at radius 3 is 2.40 bits per heavy atom. The quantitative estimate of drug-likeness (QED) is 0.486. The van der Waals surface area contributed by atoms with Crippen molar-refractivity contribution in [3.63, 3.8) is 0 Å². The maximum absolute atomic E-state index is 11.8. The second kappa shape index (κ2) is 6.90. The zero-order valence-corrected chi connectivity index (χ0v) is 11.8. The minimum atomic E-state index is -1.07. The van der Waals surface area contributed by atoms with E-state index in [1.54, 1.807) is 12.1 Å². The average molecular weight is 298 g/mol. The fourth-order valence-electron chi connectivity index (χ4n) is 1.29. The van der Waals surface area contributed by atoms with Crippen LogP contribution in [0.3, 0.4) is 0 Å². The molecule has 1 aromatic carbocycles. The molecular weight excluding hydrogens is 284 g/mol. The van der Waals surface area contributed by atoms with Gasteiger partial charge in [0.2, 0.25) is 5.91 Å². The van der Waals surface area contributed by atoms with Crippen molar-refractivity contribution in [2.75, 3.05) is 12.8 Å². The van der Waals surface area contributed by atoms with Gasteiger partial charge in [-0.25, -0.2) is 4.79 Å². The van der Waals surface area contributed by atoms with Crippen LogP contribution in [-0.4, -0.2) is 45.6 Å². The van der Waals surface area contributed by atoms with Gasteiger partial charge in [-0.1, -0.05) is 0 Å². The van der Waals surface area contributed by atoms with Crippen molar-refractivity contribution >= 4 is 29.3 Å². The molecule has 0 radical (unpaired) electrons. The third-order valence-corrected chi connectivity index (χ3v) is 3.74. The van der Waals surface area contributed by atoms with E-state index in [9.17, 15) is 19.7 Å². The number of rotatable bonds is 6. The molecule has 7 nitrogen and oxygen atoms in total. The van der Waals surface area contributed by atoms with E-state index in [4.69, 9.17) is 5.11 Å². The number of carboxylic acid groups (broad SMARTS) is 1. The number of thioether (sulfide) groups is 1. The number of carbonyl (C=O) groups excluding carboxylic acids is 1. The van der Waals surface area contributed by atoms with Crippen molar-refractivity contribution < 1.29 is 19.6 Å². The number of carbonyl (C=O) groups is 2. The van der Waals surface area contributed by atoms with Crippen LogP contribution in [0, 0.1) is 10.1 Å². The number of non-ortho nitro benzene ring substituents is 1. The van der Waals surface area contributed by atoms with Gasteiger partial charge in [0.25, 0.3) is 5.69 Å². The summed E-state index contributed by atoms with van der Waals surface area (Å²) < 4.78 is 0. The van der Waals surface area contributed by atoms with Gasteiger partial charge in [-0.15, -0.1) is 11.8 Å². The molecule has 1 atom stereocenters. The molecular formula is C12H14N2O5S. The van der Waals surface area contributed by atoms with E-state index in [-0.39, 0.29) is 17.3 Å². The Labute approximate surface area is 119 Å². The second-order valence-electron chi connectivity index (χ2n) is 4.06. The van der Waals surface area contributed by atoms with Crippen LogP contribution in [0.25, 0.3) is 0 Å². The molecule has 1 amide bonds. The molecule has 0 heterocycles. The van der Waals surface area contributed by atoms with E-state index in [0.29, 0.717) is 4.90 Å². The van der Waals surface area contributed by atoms with Gasteiger partial charge in [0, 0.05) is 24.1 Å². The molecule has 1 rings (SSSR count). The van der Waals surface area contributed by atoms with Crippen LogP contribution in [0.5, 0.6) is 0 Å². The number of aliphatic carboxylic acids is 1. The Kier molecular flexibility index (Phi) is 5.51. The van der Waals surface area contributed by atoms with Crippen LogP contribution in [0.4, 0.5) is 5.69 Å². The molecule has 20 heavy (non-hydrogen) atoms. The first-order valence-corrected chi connectivity index (χ1v) is 6.67. The van der Waals surface area contributed by atoms with Gasteiger partial charge in [-0.3, -0.25) is 14.9 Å². The molecule has 0 saturated carbocycles. The third-order valence-electron chi connectivity index (χ3n) is 2.74. The predicted molar refractivity (Wildman–Crippen MR) is 73.7 cm³/mol. The molecule has 0 bridgehead atoms. The molecule has 0 fully saturated rings. The van der Waals surface area contributed by atoms with Crippen LogP contribution in [0.1, 0.15) is 6.92 Å². The first-order chi connectivity index (χ1) is 9.32. The van der Waals surface area contributed by atoms with Gasteiger partial charge in [-0.2, -0.15) is 0 Å². The monoisotopic (exact) mass is 298 g/mol. The van der Waals surface area contributed by atoms with Crippen LogP contribution >= 0.6 is 11.8 Å². The van der Waals surface area contributed by atoms with Gasteiger partial charge in [0.15, 0.2) is 0 Å². The summed E-state index contributed by atoms with van der Waals surface area (Å²) in [5, 5.41) is 19.3. The van der Waals surface area contributed by atoms with E-state index >= 15 is 0 Å². The maximum Gasteiger partial charge on any atom is 0.326 e. The SMILES string of the molecule is CC(C(=O)O)N(C)C(=O)CSc1ccc([N+](=O)[O-])cc1. The number of hydrogen-bond donors (Lipinski definition) is 1. The van der Waals surface area contributed by atoms with Crippen molar-refractivity contribution in [3.8, 4) is 0 Å². The lowest BCUT2D eigenvalue weighted by molar-refractivity contribution is -0.384. The summed E-state index contributed by atoms with van der Waals surface area (Å²) in [5.74, 6) is -1.31. The summed E-state index contributed by atoms with van der Waals surface area (Å²) in [4.78, 5) is 34.4. The van der Waals surface area contributed by atoms with Gasteiger partial charge >= 0.3 is 5.97 Å². The normalized spacial score (nSPS) is 11.7. The Morgan fingerprint density at radius 2 is 1.95 bits per heavy atom. The number of benzene rings is 1. The number of nitro benzene ring substituents is 1. The summed E-state index contributed by atoms with van der Waals surface area (Å²) in [6, 6.07) is 4.93. The third kappa shape index (κ3) is 4.23. The Bertz CT molecular complexity index is 517. The fourth-order valence-corrected chi connectivity index (χ4v) is 2.11. The Hall–Kier alpha value is -2.09. The molecule has 1 aromatic rings. The highest BCUT2D eigenvalue weighted by molar-refractivity contribution is 8.00. The fraction of sp³-hybridized carbons (Fsp3) is 0.333. The first kappa shape index (κ1) is 16.0. The summed E-state index contributed by atoms with van der Waals surface area (Å²) >= 11 is 1.20. The molecule has 8 heteroatoms. The highest BCUT2D eigenvalue weighted by Gasteiger charge is 2.21. The molecule has 0 spiro atoms. The van der Waals surface area contributed by atoms with E-state index < -0.39 is 16.9 Å². The zero-order valence-electron chi connectivity index (χ0n) is 11.0. The van der Waals surface area contributed by atoms with Crippen LogP contribution in [0.15, 0.2) is 29.2 Å². The maximum atomic E-state index is 11.8. The number of amides is 1. The summed E-state index contributed by atoms with van der Waals surface area (Å²) in [7, 11) is 1.43. The smallest absolute Gasteiger partial charge is 0.326 e. The standard InChI is InChI=1S/C12H14N2O5S/c1-8(12(16)17)13(2)11(15)7-20-10-5-3-9(4-6-10)14(18)19/h3-6,8H,7H2,1-2H3,(H,16,17). The summed E-state index contributed by atoms with van der Waals surface area (Å²) in [6.07, 6.45) is 0. The topological polar surface area (TPSA) is 101 Å².